The van der Waals surface area contributed by atoms with Crippen molar-refractivity contribution in [1.29, 1.82) is 0 Å². The van der Waals surface area contributed by atoms with Gasteiger partial charge in [0, 0.05) is 0 Å². The smallest absolute Gasteiger partial charge is 0.231 e. The summed E-state index contributed by atoms with van der Waals surface area (Å²) < 4.78 is 5.72. The molecule has 0 bridgehead atoms. The van der Waals surface area contributed by atoms with Gasteiger partial charge in [-0.1, -0.05) is 35.0 Å². The molecule has 104 valence electrons. The van der Waals surface area contributed by atoms with Crippen molar-refractivity contribution in [3.63, 3.8) is 0 Å². The highest BCUT2D eigenvalue weighted by Crippen LogP contribution is 2.25. The molecule has 0 radical (unpaired) electrons. The van der Waals surface area contributed by atoms with Gasteiger partial charge in [0.1, 0.15) is 5.75 Å². The zero-order valence-corrected chi connectivity index (χ0v) is 12.7. The molecule has 1 rings (SSSR count). The minimum atomic E-state index is -0.329. The maximum Gasteiger partial charge on any atom is 0.231 e. The Morgan fingerprint density at radius 2 is 2.05 bits per heavy atom. The van der Waals surface area contributed by atoms with Gasteiger partial charge in [-0.15, -0.1) is 0 Å². The number of ketones is 1. The zero-order chi connectivity index (χ0) is 14.3. The molecule has 0 saturated carbocycles. The molecular formula is C14H18BrNO3. The molecule has 1 atom stereocenters. The van der Waals surface area contributed by atoms with Gasteiger partial charge in [-0.05, 0) is 25.5 Å². The van der Waals surface area contributed by atoms with Gasteiger partial charge in [0.2, 0.25) is 5.91 Å². The molecule has 1 unspecified atom stereocenters. The number of hydrogen-bond donors (Lipinski definition) is 1. The summed E-state index contributed by atoms with van der Waals surface area (Å²) in [6.07, 6.45) is 0.815. The quantitative estimate of drug-likeness (QED) is 0.618. The molecule has 0 aliphatic carbocycles. The molecule has 0 heterocycles. The van der Waals surface area contributed by atoms with Crippen LogP contribution in [0.15, 0.2) is 24.3 Å². The largest absolute Gasteiger partial charge is 0.489 e. The molecule has 1 amide bonds. The molecule has 5 heteroatoms. The Morgan fingerprint density at radius 1 is 1.37 bits per heavy atom. The molecule has 0 aliphatic rings. The lowest BCUT2D eigenvalue weighted by atomic mass is 10.2. The van der Waals surface area contributed by atoms with Crippen molar-refractivity contribution in [2.75, 3.05) is 10.6 Å². The van der Waals surface area contributed by atoms with E-state index in [0.29, 0.717) is 11.4 Å². The second kappa shape index (κ2) is 7.94. The molecule has 0 fully saturated rings. The lowest BCUT2D eigenvalue weighted by Gasteiger charge is -2.16. The van der Waals surface area contributed by atoms with Crippen LogP contribution in [-0.2, 0) is 9.59 Å². The van der Waals surface area contributed by atoms with E-state index in [9.17, 15) is 9.59 Å². The molecule has 19 heavy (non-hydrogen) atoms. The summed E-state index contributed by atoms with van der Waals surface area (Å²) in [6, 6.07) is 7.21. The fourth-order valence-electron chi connectivity index (χ4n) is 1.39. The van der Waals surface area contributed by atoms with Crippen molar-refractivity contribution >= 4 is 33.3 Å². The number of hydrogen-bond acceptors (Lipinski definition) is 3. The average molecular weight is 328 g/mol. The molecule has 0 spiro atoms. The molecule has 0 aromatic heterocycles. The standard InChI is InChI=1S/C14H18BrNO3/c1-3-10(2)19-13-7-5-4-6-12(13)16-14(18)8-11(17)9-15/h4-7,10H,3,8-9H2,1-2H3,(H,16,18). The van der Waals surface area contributed by atoms with Crippen LogP contribution in [0.2, 0.25) is 0 Å². The van der Waals surface area contributed by atoms with E-state index in [4.69, 9.17) is 4.74 Å². The van der Waals surface area contributed by atoms with Crippen LogP contribution in [0.3, 0.4) is 0 Å². The van der Waals surface area contributed by atoms with Gasteiger partial charge >= 0.3 is 0 Å². The fraction of sp³-hybridized carbons (Fsp3) is 0.429. The van der Waals surface area contributed by atoms with Gasteiger partial charge in [-0.2, -0.15) is 0 Å². The molecule has 1 aromatic rings. The number of ether oxygens (including phenoxy) is 1. The van der Waals surface area contributed by atoms with Crippen LogP contribution < -0.4 is 10.1 Å². The number of rotatable bonds is 7. The summed E-state index contributed by atoms with van der Waals surface area (Å²) in [7, 11) is 0. The Balaban J connectivity index is 2.72. The summed E-state index contributed by atoms with van der Waals surface area (Å²) in [4.78, 5) is 22.9. The second-order valence-electron chi connectivity index (χ2n) is 4.23. The van der Waals surface area contributed by atoms with Crippen molar-refractivity contribution in [3.8, 4) is 5.75 Å². The van der Waals surface area contributed by atoms with Crippen molar-refractivity contribution in [1.82, 2.24) is 0 Å². The Labute approximate surface area is 121 Å². The summed E-state index contributed by atoms with van der Waals surface area (Å²) in [5.41, 5.74) is 0.593. The van der Waals surface area contributed by atoms with Gasteiger partial charge in [-0.3, -0.25) is 9.59 Å². The number of benzene rings is 1. The summed E-state index contributed by atoms with van der Waals surface area (Å²) in [6.45, 7) is 3.99. The summed E-state index contributed by atoms with van der Waals surface area (Å²) >= 11 is 3.03. The first-order valence-electron chi connectivity index (χ1n) is 6.20. The van der Waals surface area contributed by atoms with Crippen LogP contribution >= 0.6 is 15.9 Å². The maximum atomic E-state index is 11.7. The van der Waals surface area contributed by atoms with Crippen molar-refractivity contribution in [3.05, 3.63) is 24.3 Å². The van der Waals surface area contributed by atoms with E-state index in [1.807, 2.05) is 26.0 Å². The lowest BCUT2D eigenvalue weighted by molar-refractivity contribution is -0.123. The first-order valence-corrected chi connectivity index (χ1v) is 7.32. The zero-order valence-electron chi connectivity index (χ0n) is 11.1. The number of Topliss-reactive ketones (excluding diaryl/α,β-unsaturated/α-hetero) is 1. The lowest BCUT2D eigenvalue weighted by Crippen LogP contribution is -2.18. The third-order valence-corrected chi connectivity index (χ3v) is 3.20. The minimum absolute atomic E-state index is 0.0715. The summed E-state index contributed by atoms with van der Waals surface area (Å²) in [5.74, 6) is 0.138. The second-order valence-corrected chi connectivity index (χ2v) is 4.79. The van der Waals surface area contributed by atoms with Crippen molar-refractivity contribution < 1.29 is 14.3 Å². The number of alkyl halides is 1. The molecule has 1 aromatic carbocycles. The van der Waals surface area contributed by atoms with Crippen molar-refractivity contribution in [2.24, 2.45) is 0 Å². The number of para-hydroxylation sites is 2. The Kier molecular flexibility index (Phi) is 6.56. The average Bonchev–Trinajstić information content (AvgIpc) is 2.40. The number of carbonyl (C=O) groups excluding carboxylic acids is 2. The van der Waals surface area contributed by atoms with E-state index in [2.05, 4.69) is 21.2 Å². The van der Waals surface area contributed by atoms with Crippen LogP contribution in [0.25, 0.3) is 0 Å². The van der Waals surface area contributed by atoms with E-state index < -0.39 is 0 Å². The molecule has 0 saturated heterocycles. The Morgan fingerprint density at radius 3 is 2.68 bits per heavy atom. The Bertz CT molecular complexity index is 448. The summed E-state index contributed by atoms with van der Waals surface area (Å²) in [5, 5.41) is 2.89. The van der Waals surface area contributed by atoms with E-state index in [1.165, 1.54) is 0 Å². The number of amides is 1. The first-order chi connectivity index (χ1) is 9.06. The number of anilines is 1. The maximum absolute atomic E-state index is 11.7. The number of halogens is 1. The van der Waals surface area contributed by atoms with E-state index >= 15 is 0 Å². The van der Waals surface area contributed by atoms with Gasteiger partial charge in [0.15, 0.2) is 5.78 Å². The van der Waals surface area contributed by atoms with Crippen LogP contribution in [-0.4, -0.2) is 23.1 Å². The normalized spacial score (nSPS) is 11.7. The topological polar surface area (TPSA) is 55.4 Å². The molecule has 0 aliphatic heterocycles. The van der Waals surface area contributed by atoms with Crippen LogP contribution in [0, 0.1) is 0 Å². The van der Waals surface area contributed by atoms with E-state index in [0.717, 1.165) is 6.42 Å². The highest BCUT2D eigenvalue weighted by molar-refractivity contribution is 9.09. The van der Waals surface area contributed by atoms with Crippen molar-refractivity contribution in [2.45, 2.75) is 32.8 Å². The third kappa shape index (κ3) is 5.42. The van der Waals surface area contributed by atoms with Gasteiger partial charge in [0.25, 0.3) is 0 Å². The number of nitrogens with one attached hydrogen (secondary N) is 1. The Hall–Kier alpha value is -1.36. The minimum Gasteiger partial charge on any atom is -0.489 e. The van der Waals surface area contributed by atoms with Crippen LogP contribution in [0.4, 0.5) is 5.69 Å². The van der Waals surface area contributed by atoms with E-state index in [-0.39, 0.29) is 29.5 Å². The predicted molar refractivity (Wildman–Crippen MR) is 78.9 cm³/mol. The SMILES string of the molecule is CCC(C)Oc1ccccc1NC(=O)CC(=O)CBr. The molecule has 1 N–H and O–H groups in total. The number of carbonyl (C=O) groups is 2. The van der Waals surface area contributed by atoms with Gasteiger partial charge in [0.05, 0.1) is 23.5 Å². The molecule has 4 nitrogen and oxygen atoms in total. The monoisotopic (exact) mass is 327 g/mol. The first kappa shape index (κ1) is 15.7. The highest BCUT2D eigenvalue weighted by Gasteiger charge is 2.12. The van der Waals surface area contributed by atoms with Gasteiger partial charge < -0.3 is 10.1 Å². The highest BCUT2D eigenvalue weighted by atomic mass is 79.9. The third-order valence-electron chi connectivity index (χ3n) is 2.57. The van der Waals surface area contributed by atoms with Crippen LogP contribution in [0.1, 0.15) is 26.7 Å². The fourth-order valence-corrected chi connectivity index (χ4v) is 1.59. The molecular weight excluding hydrogens is 310 g/mol. The van der Waals surface area contributed by atoms with Gasteiger partial charge in [-0.25, -0.2) is 0 Å². The van der Waals surface area contributed by atoms with E-state index in [1.54, 1.807) is 12.1 Å². The predicted octanol–water partition coefficient (Wildman–Crippen LogP) is 3.16. The van der Waals surface area contributed by atoms with Crippen LogP contribution in [0.5, 0.6) is 5.75 Å².